The minimum atomic E-state index is 0.398. The van der Waals surface area contributed by atoms with Crippen molar-refractivity contribution >= 4 is 28.9 Å². The first-order chi connectivity index (χ1) is 9.83. The molecule has 0 spiro atoms. The number of hydrogen-bond donors (Lipinski definition) is 2. The normalized spacial score (nSPS) is 11.0. The van der Waals surface area contributed by atoms with Gasteiger partial charge >= 0.3 is 5.95 Å². The highest BCUT2D eigenvalue weighted by atomic mass is 32.2. The molecule has 0 aliphatic heterocycles. The summed E-state index contributed by atoms with van der Waals surface area (Å²) in [6.07, 6.45) is 3.83. The fourth-order valence-corrected chi connectivity index (χ4v) is 3.03. The van der Waals surface area contributed by atoms with E-state index < -0.39 is 0 Å². The zero-order chi connectivity index (χ0) is 13.8. The molecular weight excluding hydrogens is 270 g/mol. The van der Waals surface area contributed by atoms with Crippen molar-refractivity contribution in [1.29, 1.82) is 0 Å². The summed E-state index contributed by atoms with van der Waals surface area (Å²) >= 11 is 1.74. The first kappa shape index (κ1) is 12.9. The Hall–Kier alpha value is -2.08. The van der Waals surface area contributed by atoms with Crippen molar-refractivity contribution in [2.45, 2.75) is 17.9 Å². The molecule has 2 heterocycles. The van der Waals surface area contributed by atoms with E-state index in [9.17, 15) is 0 Å². The molecule has 0 atom stereocenters. The van der Waals surface area contributed by atoms with Crippen molar-refractivity contribution in [2.75, 3.05) is 11.5 Å². The summed E-state index contributed by atoms with van der Waals surface area (Å²) in [7, 11) is 0. The first-order valence-electron chi connectivity index (χ1n) is 6.51. The van der Waals surface area contributed by atoms with E-state index in [1.807, 2.05) is 6.07 Å². The van der Waals surface area contributed by atoms with Crippen LogP contribution in [0.5, 0.6) is 0 Å². The molecule has 6 heteroatoms. The van der Waals surface area contributed by atoms with Crippen molar-refractivity contribution in [1.82, 2.24) is 15.0 Å². The number of imidazole rings is 1. The number of H-pyrrole nitrogens is 2. The Morgan fingerprint density at radius 2 is 2.10 bits per heavy atom. The molecule has 0 amide bonds. The number of rotatable bonds is 5. The summed E-state index contributed by atoms with van der Waals surface area (Å²) in [4.78, 5) is 14.5. The number of hydrogen-bond acceptors (Lipinski definition) is 4. The molecular formula is C14H16N5S+. The number of nitrogen functional groups attached to an aromatic ring is 1. The molecule has 4 N–H and O–H groups in total. The molecule has 3 aromatic rings. The SMILES string of the molecule is Nc1nc2nc[nH]c2c(SCCCc2ccccc2)[nH+]1. The minimum absolute atomic E-state index is 0.398. The summed E-state index contributed by atoms with van der Waals surface area (Å²) in [6, 6.07) is 10.5. The number of fused-ring (bicyclic) bond motifs is 1. The quantitative estimate of drug-likeness (QED) is 0.427. The van der Waals surface area contributed by atoms with E-state index in [-0.39, 0.29) is 0 Å². The number of nitrogens with zero attached hydrogens (tertiary/aromatic N) is 2. The van der Waals surface area contributed by atoms with E-state index in [1.165, 1.54) is 5.56 Å². The van der Waals surface area contributed by atoms with Crippen LogP contribution in [0.15, 0.2) is 41.7 Å². The van der Waals surface area contributed by atoms with Crippen molar-refractivity contribution < 1.29 is 4.98 Å². The molecule has 3 rings (SSSR count). The van der Waals surface area contributed by atoms with Crippen LogP contribution in [0.3, 0.4) is 0 Å². The van der Waals surface area contributed by atoms with Crippen LogP contribution in [-0.2, 0) is 6.42 Å². The lowest BCUT2D eigenvalue weighted by atomic mass is 10.1. The maximum atomic E-state index is 5.75. The van der Waals surface area contributed by atoms with Crippen LogP contribution >= 0.6 is 11.8 Å². The van der Waals surface area contributed by atoms with Crippen LogP contribution in [0, 0.1) is 0 Å². The average Bonchev–Trinajstić information content (AvgIpc) is 2.92. The Labute approximate surface area is 121 Å². The smallest absolute Gasteiger partial charge is 0.339 e. The zero-order valence-corrected chi connectivity index (χ0v) is 11.8. The summed E-state index contributed by atoms with van der Waals surface area (Å²) in [5.41, 5.74) is 8.70. The van der Waals surface area contributed by atoms with Crippen LogP contribution in [0.4, 0.5) is 5.95 Å². The molecule has 0 saturated carbocycles. The molecule has 20 heavy (non-hydrogen) atoms. The van der Waals surface area contributed by atoms with Gasteiger partial charge in [-0.15, -0.1) is 0 Å². The fourth-order valence-electron chi connectivity index (χ4n) is 2.06. The van der Waals surface area contributed by atoms with Crippen molar-refractivity contribution in [3.8, 4) is 0 Å². The van der Waals surface area contributed by atoms with Gasteiger partial charge in [-0.3, -0.25) is 5.73 Å². The van der Waals surface area contributed by atoms with Crippen LogP contribution in [0.2, 0.25) is 0 Å². The standard InChI is InChI=1S/C14H15N5S/c15-14-18-12-11(16-9-17-12)13(19-14)20-8-4-7-10-5-2-1-3-6-10/h1-3,5-6,9H,4,7-8H2,(H3,15,16,17,18,19)/p+1. The number of aromatic amines is 2. The lowest BCUT2D eigenvalue weighted by molar-refractivity contribution is -0.410. The van der Waals surface area contributed by atoms with Gasteiger partial charge < -0.3 is 4.98 Å². The van der Waals surface area contributed by atoms with E-state index >= 15 is 0 Å². The first-order valence-corrected chi connectivity index (χ1v) is 7.50. The van der Waals surface area contributed by atoms with Gasteiger partial charge in [0.25, 0.3) is 5.65 Å². The number of anilines is 1. The Kier molecular flexibility index (Phi) is 3.83. The number of nitrogens with two attached hydrogens (primary N) is 1. The molecule has 0 bridgehead atoms. The largest absolute Gasteiger partial charge is 0.390 e. The minimum Gasteiger partial charge on any atom is -0.339 e. The van der Waals surface area contributed by atoms with Crippen LogP contribution < -0.4 is 10.7 Å². The highest BCUT2D eigenvalue weighted by molar-refractivity contribution is 7.99. The number of aromatic nitrogens is 4. The van der Waals surface area contributed by atoms with E-state index in [2.05, 4.69) is 44.2 Å². The van der Waals surface area contributed by atoms with Gasteiger partial charge in [0.15, 0.2) is 5.03 Å². The molecule has 0 saturated heterocycles. The Balaban J connectivity index is 1.61. The van der Waals surface area contributed by atoms with E-state index in [1.54, 1.807) is 18.1 Å². The highest BCUT2D eigenvalue weighted by Gasteiger charge is 2.13. The average molecular weight is 286 g/mol. The third-order valence-corrected chi connectivity index (χ3v) is 4.10. The number of benzene rings is 1. The lowest BCUT2D eigenvalue weighted by Crippen LogP contribution is -2.16. The van der Waals surface area contributed by atoms with Crippen molar-refractivity contribution in [2.24, 2.45) is 0 Å². The maximum Gasteiger partial charge on any atom is 0.390 e. The van der Waals surface area contributed by atoms with Crippen molar-refractivity contribution in [3.63, 3.8) is 0 Å². The molecule has 5 nitrogen and oxygen atoms in total. The predicted octanol–water partition coefficient (Wildman–Crippen LogP) is 2.08. The van der Waals surface area contributed by atoms with Gasteiger partial charge in [0, 0.05) is 5.75 Å². The second-order valence-corrected chi connectivity index (χ2v) is 5.60. The Morgan fingerprint density at radius 1 is 1.25 bits per heavy atom. The molecule has 102 valence electrons. The second kappa shape index (κ2) is 5.92. The van der Waals surface area contributed by atoms with Gasteiger partial charge in [0.1, 0.15) is 5.52 Å². The summed E-state index contributed by atoms with van der Waals surface area (Å²) in [6.45, 7) is 0. The topological polar surface area (TPSA) is 81.7 Å². The van der Waals surface area contributed by atoms with Crippen molar-refractivity contribution in [3.05, 3.63) is 42.2 Å². The van der Waals surface area contributed by atoms with Gasteiger partial charge in [0.2, 0.25) is 0 Å². The highest BCUT2D eigenvalue weighted by Crippen LogP contribution is 2.21. The number of nitrogens with one attached hydrogen (secondary N) is 2. The fraction of sp³-hybridized carbons (Fsp3) is 0.214. The molecule has 0 radical (unpaired) electrons. The van der Waals surface area contributed by atoms with Gasteiger partial charge in [-0.2, -0.15) is 0 Å². The Bertz CT molecular complexity index is 695. The third kappa shape index (κ3) is 2.91. The monoisotopic (exact) mass is 286 g/mol. The number of aryl methyl sites for hydroxylation is 1. The third-order valence-electron chi connectivity index (χ3n) is 3.01. The van der Waals surface area contributed by atoms with E-state index in [4.69, 9.17) is 5.73 Å². The summed E-state index contributed by atoms with van der Waals surface area (Å²) < 4.78 is 0. The van der Waals surface area contributed by atoms with Gasteiger partial charge in [-0.1, -0.05) is 42.1 Å². The van der Waals surface area contributed by atoms with Gasteiger partial charge in [-0.25, -0.2) is 9.97 Å². The lowest BCUT2D eigenvalue weighted by Gasteiger charge is -2.01. The molecule has 0 fully saturated rings. The van der Waals surface area contributed by atoms with Crippen LogP contribution in [0.1, 0.15) is 12.0 Å². The number of thioether (sulfide) groups is 1. The summed E-state index contributed by atoms with van der Waals surface area (Å²) in [5, 5.41) is 0.998. The molecule has 0 aliphatic rings. The summed E-state index contributed by atoms with van der Waals surface area (Å²) in [5.74, 6) is 1.42. The second-order valence-electron chi connectivity index (χ2n) is 4.49. The molecule has 0 aliphatic carbocycles. The Morgan fingerprint density at radius 3 is 2.95 bits per heavy atom. The van der Waals surface area contributed by atoms with E-state index in [0.29, 0.717) is 11.6 Å². The van der Waals surface area contributed by atoms with Gasteiger partial charge in [0.05, 0.1) is 6.33 Å². The predicted molar refractivity (Wildman–Crippen MR) is 80.3 cm³/mol. The zero-order valence-electron chi connectivity index (χ0n) is 11.0. The molecule has 0 unspecified atom stereocenters. The maximum absolute atomic E-state index is 5.75. The molecule has 1 aromatic carbocycles. The van der Waals surface area contributed by atoms with E-state index in [0.717, 1.165) is 29.1 Å². The van der Waals surface area contributed by atoms with Crippen LogP contribution in [-0.4, -0.2) is 20.7 Å². The van der Waals surface area contributed by atoms with Gasteiger partial charge in [-0.05, 0) is 23.4 Å². The van der Waals surface area contributed by atoms with Crippen LogP contribution in [0.25, 0.3) is 11.2 Å². The molecule has 2 aromatic heterocycles.